The normalized spacial score (nSPS) is 15.7. The Labute approximate surface area is 362 Å². The number of hydrazine groups is 1. The van der Waals surface area contributed by atoms with Gasteiger partial charge in [0.05, 0.1) is 76.1 Å². The number of nitrogens with one attached hydrogen (secondary N) is 5. The third-order valence-corrected chi connectivity index (χ3v) is 11.9. The monoisotopic (exact) mass is 881 g/mol. The average Bonchev–Trinajstić information content (AvgIpc) is 3.18. The summed E-state index contributed by atoms with van der Waals surface area (Å²) in [5, 5.41) is 16.8. The Balaban J connectivity index is 1.27. The number of unbranched alkanes of at least 4 members (excludes halogenated alkanes) is 5. The number of thioether (sulfide) groups is 1. The molecular formula is C43H71N5O10S2. The minimum atomic E-state index is -3.96. The van der Waals surface area contributed by atoms with Crippen LogP contribution in [-0.4, -0.2) is 114 Å². The van der Waals surface area contributed by atoms with Crippen molar-refractivity contribution in [3.63, 3.8) is 0 Å². The molecule has 0 aliphatic carbocycles. The van der Waals surface area contributed by atoms with Crippen molar-refractivity contribution in [2.24, 2.45) is 0 Å². The fourth-order valence-electron chi connectivity index (χ4n) is 7.06. The lowest BCUT2D eigenvalue weighted by Crippen LogP contribution is -2.63. The topological polar surface area (TPSA) is 195 Å². The van der Waals surface area contributed by atoms with Gasteiger partial charge in [-0.05, 0) is 96.3 Å². The van der Waals surface area contributed by atoms with E-state index in [1.54, 1.807) is 23.9 Å². The van der Waals surface area contributed by atoms with Gasteiger partial charge >= 0.3 is 11.8 Å². The van der Waals surface area contributed by atoms with Crippen molar-refractivity contribution in [3.8, 4) is 0 Å². The summed E-state index contributed by atoms with van der Waals surface area (Å²) >= 11 is 1.54. The summed E-state index contributed by atoms with van der Waals surface area (Å²) < 4.78 is 56.9. The first-order valence-corrected chi connectivity index (χ1v) is 23.7. The molecule has 0 aromatic heterocycles. The molecule has 60 heavy (non-hydrogen) atoms. The summed E-state index contributed by atoms with van der Waals surface area (Å²) in [6.45, 7) is 17.4. The maximum absolute atomic E-state index is 13.2. The lowest BCUT2D eigenvalue weighted by Gasteiger charge is -2.46. The van der Waals surface area contributed by atoms with Gasteiger partial charge in [-0.2, -0.15) is 0 Å². The van der Waals surface area contributed by atoms with Gasteiger partial charge < -0.3 is 39.4 Å². The van der Waals surface area contributed by atoms with E-state index >= 15 is 0 Å². The Kier molecular flexibility index (Phi) is 23.2. The predicted octanol–water partition coefficient (Wildman–Crippen LogP) is 5.94. The fourth-order valence-corrected chi connectivity index (χ4v) is 8.87. The van der Waals surface area contributed by atoms with Gasteiger partial charge in [-0.25, -0.2) is 8.42 Å². The van der Waals surface area contributed by atoms with Crippen LogP contribution >= 0.6 is 11.8 Å². The summed E-state index contributed by atoms with van der Waals surface area (Å²) in [5.74, 6) is -0.996. The van der Waals surface area contributed by atoms with E-state index in [0.29, 0.717) is 89.3 Å². The molecule has 1 aliphatic rings. The summed E-state index contributed by atoms with van der Waals surface area (Å²) in [6.07, 6.45) is 7.84. The zero-order valence-electron chi connectivity index (χ0n) is 36.6. The largest absolute Gasteiger partial charge is 0.389 e. The molecule has 0 saturated carbocycles. The summed E-state index contributed by atoms with van der Waals surface area (Å²) in [4.78, 5) is 26.3. The number of hydrogen-bond acceptors (Lipinski definition) is 13. The van der Waals surface area contributed by atoms with E-state index in [1.807, 2.05) is 0 Å². The van der Waals surface area contributed by atoms with Gasteiger partial charge in [0.15, 0.2) is 0 Å². The van der Waals surface area contributed by atoms with Gasteiger partial charge in [0.25, 0.3) is 10.0 Å². The fraction of sp³-hybridized carbons (Fsp3) is 0.674. The number of anilines is 2. The molecule has 2 aromatic rings. The van der Waals surface area contributed by atoms with Gasteiger partial charge in [0.2, 0.25) is 0 Å². The number of piperidine rings is 1. The lowest BCUT2D eigenvalue weighted by molar-refractivity contribution is -0.139. The third kappa shape index (κ3) is 20.7. The number of benzene rings is 2. The lowest BCUT2D eigenvalue weighted by atomic mass is 9.79. The zero-order chi connectivity index (χ0) is 43.9. The van der Waals surface area contributed by atoms with Crippen molar-refractivity contribution in [2.45, 2.75) is 126 Å². The number of ether oxygens (including phenoxy) is 5. The maximum Gasteiger partial charge on any atom is 0.327 e. The van der Waals surface area contributed by atoms with Crippen LogP contribution in [0.4, 0.5) is 11.4 Å². The van der Waals surface area contributed by atoms with Crippen molar-refractivity contribution in [2.75, 3.05) is 82.0 Å². The first-order chi connectivity index (χ1) is 28.6. The molecule has 2 amide bonds. The molecule has 1 heterocycles. The molecule has 1 saturated heterocycles. The van der Waals surface area contributed by atoms with Crippen molar-refractivity contribution in [3.05, 3.63) is 48.0 Å². The van der Waals surface area contributed by atoms with Crippen LogP contribution in [-0.2, 0) is 43.3 Å². The molecule has 2 aromatic carbocycles. The van der Waals surface area contributed by atoms with Crippen molar-refractivity contribution < 1.29 is 46.8 Å². The van der Waals surface area contributed by atoms with E-state index in [4.69, 9.17) is 23.7 Å². The van der Waals surface area contributed by atoms with Crippen LogP contribution in [0.25, 0.3) is 0 Å². The van der Waals surface area contributed by atoms with E-state index in [9.17, 15) is 23.1 Å². The second kappa shape index (κ2) is 27.1. The first kappa shape index (κ1) is 51.4. The molecule has 6 N–H and O–H groups in total. The highest BCUT2D eigenvalue weighted by Crippen LogP contribution is 2.30. The van der Waals surface area contributed by atoms with Crippen LogP contribution < -0.4 is 26.2 Å². The molecule has 1 unspecified atom stereocenters. The number of sulfonamides is 1. The standard InChI is InChI=1S/C43H71N5O10S2/c1-7-8-9-10-11-12-19-54-20-21-55-22-23-56-24-25-57-26-27-58-28-29-59-36-14-16-37(17-15-36)60(52,53)47-34-13-18-39(38(30-34)33(2)49)45-46-41(51)40(50)44-35-31-42(3,4)48-43(5,6)32-35/h13-18,30,33,35,45,47-49H,7-12,19-29,31-32H2,1-6H3,(H,44,50)(H,46,51). The van der Waals surface area contributed by atoms with Crippen LogP contribution in [0.3, 0.4) is 0 Å². The van der Waals surface area contributed by atoms with E-state index < -0.39 is 27.9 Å². The Bertz CT molecular complexity index is 1650. The molecular weight excluding hydrogens is 811 g/mol. The van der Waals surface area contributed by atoms with Crippen LogP contribution in [0.2, 0.25) is 0 Å². The van der Waals surface area contributed by atoms with Crippen molar-refractivity contribution >= 4 is 45.0 Å². The minimum Gasteiger partial charge on any atom is -0.389 e. The first-order valence-electron chi connectivity index (χ1n) is 21.2. The van der Waals surface area contributed by atoms with E-state index in [0.717, 1.165) is 17.9 Å². The summed E-state index contributed by atoms with van der Waals surface area (Å²) in [5.41, 5.74) is 5.47. The van der Waals surface area contributed by atoms with Crippen molar-refractivity contribution in [1.82, 2.24) is 16.1 Å². The maximum atomic E-state index is 13.2. The number of amides is 2. The number of aliphatic hydroxyl groups is 1. The van der Waals surface area contributed by atoms with Crippen LogP contribution in [0.1, 0.15) is 105 Å². The SMILES string of the molecule is CCCCCCCCOCCOCCOCCOCCOCCSc1ccc(S(=O)(=O)Nc2ccc(NNC(=O)C(=O)NC3CC(C)(C)NC(C)(C)C3)c(C(C)O)c2)cc1. The summed E-state index contributed by atoms with van der Waals surface area (Å²) in [6, 6.07) is 10.8. The average molecular weight is 882 g/mol. The quantitative estimate of drug-likeness (QED) is 0.0234. The van der Waals surface area contributed by atoms with Crippen molar-refractivity contribution in [1.29, 1.82) is 0 Å². The van der Waals surface area contributed by atoms with Crippen LogP contribution in [0, 0.1) is 0 Å². The van der Waals surface area contributed by atoms with Gasteiger partial charge in [0.1, 0.15) is 0 Å². The molecule has 17 heteroatoms. The second-order valence-electron chi connectivity index (χ2n) is 16.3. The van der Waals surface area contributed by atoms with Gasteiger partial charge in [-0.15, -0.1) is 11.8 Å². The summed E-state index contributed by atoms with van der Waals surface area (Å²) in [7, 11) is -3.96. The van der Waals surface area contributed by atoms with Crippen LogP contribution in [0.15, 0.2) is 52.3 Å². The Morgan fingerprint density at radius 1 is 0.767 bits per heavy atom. The second-order valence-corrected chi connectivity index (χ2v) is 19.1. The van der Waals surface area contributed by atoms with Gasteiger partial charge in [0, 0.05) is 45.6 Å². The molecule has 1 atom stereocenters. The minimum absolute atomic E-state index is 0.0695. The predicted molar refractivity (Wildman–Crippen MR) is 237 cm³/mol. The molecule has 15 nitrogen and oxygen atoms in total. The highest BCUT2D eigenvalue weighted by Gasteiger charge is 2.38. The number of aliphatic hydroxyl groups excluding tert-OH is 1. The Hall–Kier alpha value is -3.00. The molecule has 340 valence electrons. The number of carbonyl (C=O) groups is 2. The zero-order valence-corrected chi connectivity index (χ0v) is 38.2. The number of carbonyl (C=O) groups excluding carboxylic acids is 2. The Morgan fingerprint density at radius 2 is 1.30 bits per heavy atom. The number of rotatable bonds is 30. The van der Waals surface area contributed by atoms with E-state index in [1.165, 1.54) is 69.4 Å². The van der Waals surface area contributed by atoms with E-state index in [2.05, 4.69) is 60.8 Å². The molecule has 3 rings (SSSR count). The Morgan fingerprint density at radius 3 is 1.87 bits per heavy atom. The number of hydrogen-bond donors (Lipinski definition) is 6. The van der Waals surface area contributed by atoms with Gasteiger partial charge in [-0.3, -0.25) is 25.2 Å². The van der Waals surface area contributed by atoms with Crippen LogP contribution in [0.5, 0.6) is 0 Å². The highest BCUT2D eigenvalue weighted by atomic mass is 32.2. The molecule has 0 spiro atoms. The van der Waals surface area contributed by atoms with Gasteiger partial charge in [-0.1, -0.05) is 39.0 Å². The highest BCUT2D eigenvalue weighted by molar-refractivity contribution is 7.99. The molecule has 0 bridgehead atoms. The van der Waals surface area contributed by atoms with E-state index in [-0.39, 0.29) is 27.7 Å². The molecule has 1 aliphatic heterocycles. The smallest absolute Gasteiger partial charge is 0.327 e. The molecule has 0 radical (unpaired) electrons. The third-order valence-electron chi connectivity index (χ3n) is 9.56. The molecule has 1 fully saturated rings.